The molecule has 0 unspecified atom stereocenters. The Labute approximate surface area is 164 Å². The Balaban J connectivity index is 1.66. The van der Waals surface area contributed by atoms with Crippen molar-refractivity contribution in [3.63, 3.8) is 0 Å². The molecule has 0 aliphatic carbocycles. The minimum atomic E-state index is -0.361. The SMILES string of the molecule is Cc1nc(C(=O)N(C)CCOc2cccc(F)c2)nc(N2CC[C@@H](N)C2)c1C. The highest BCUT2D eigenvalue weighted by Gasteiger charge is 2.25. The van der Waals surface area contributed by atoms with Crippen molar-refractivity contribution >= 4 is 11.7 Å². The van der Waals surface area contributed by atoms with E-state index in [0.29, 0.717) is 12.3 Å². The van der Waals surface area contributed by atoms with Gasteiger partial charge in [0, 0.05) is 43.5 Å². The lowest BCUT2D eigenvalue weighted by molar-refractivity contribution is 0.0761. The first-order chi connectivity index (χ1) is 13.3. The summed E-state index contributed by atoms with van der Waals surface area (Å²) in [5.41, 5.74) is 7.75. The maximum Gasteiger partial charge on any atom is 0.291 e. The molecule has 0 saturated carbocycles. The molecular weight excluding hydrogens is 361 g/mol. The summed E-state index contributed by atoms with van der Waals surface area (Å²) in [6, 6.07) is 6.03. The topological polar surface area (TPSA) is 84.6 Å². The van der Waals surface area contributed by atoms with Gasteiger partial charge in [0.25, 0.3) is 5.91 Å². The van der Waals surface area contributed by atoms with Crippen molar-refractivity contribution < 1.29 is 13.9 Å². The Morgan fingerprint density at radius 3 is 2.86 bits per heavy atom. The second kappa shape index (κ2) is 8.52. The van der Waals surface area contributed by atoms with Crippen LogP contribution >= 0.6 is 0 Å². The monoisotopic (exact) mass is 387 g/mol. The number of likely N-dealkylation sites (N-methyl/N-ethyl adjacent to an activating group) is 1. The predicted octanol–water partition coefficient (Wildman–Crippen LogP) is 1.92. The maximum absolute atomic E-state index is 13.2. The second-order valence-electron chi connectivity index (χ2n) is 7.11. The molecule has 1 aliphatic heterocycles. The van der Waals surface area contributed by atoms with Crippen LogP contribution in [-0.4, -0.2) is 60.1 Å². The zero-order valence-electron chi connectivity index (χ0n) is 16.5. The summed E-state index contributed by atoms with van der Waals surface area (Å²) in [4.78, 5) is 25.3. The number of halogens is 1. The highest BCUT2D eigenvalue weighted by Crippen LogP contribution is 2.23. The fourth-order valence-corrected chi connectivity index (χ4v) is 3.13. The standard InChI is InChI=1S/C20H26FN5O2/c1-13-14(2)23-18(24-19(13)26-8-7-16(22)12-26)20(27)25(3)9-10-28-17-6-4-5-15(21)11-17/h4-6,11,16H,7-10,12,22H2,1-3H3/t16-/m1/s1. The van der Waals surface area contributed by atoms with Crippen molar-refractivity contribution in [1.29, 1.82) is 0 Å². The summed E-state index contributed by atoms with van der Waals surface area (Å²) in [6.45, 7) is 5.95. The van der Waals surface area contributed by atoms with E-state index >= 15 is 0 Å². The molecule has 1 aliphatic rings. The molecule has 1 aromatic heterocycles. The van der Waals surface area contributed by atoms with Crippen molar-refractivity contribution in [2.75, 3.05) is 38.2 Å². The number of amides is 1. The van der Waals surface area contributed by atoms with E-state index in [9.17, 15) is 9.18 Å². The quantitative estimate of drug-likeness (QED) is 0.815. The third-order valence-corrected chi connectivity index (χ3v) is 4.92. The van der Waals surface area contributed by atoms with Crippen molar-refractivity contribution in [2.45, 2.75) is 26.3 Å². The van der Waals surface area contributed by atoms with Crippen LogP contribution in [0.15, 0.2) is 24.3 Å². The van der Waals surface area contributed by atoms with E-state index in [1.54, 1.807) is 19.2 Å². The lowest BCUT2D eigenvalue weighted by Gasteiger charge is -2.22. The summed E-state index contributed by atoms with van der Waals surface area (Å²) >= 11 is 0. The van der Waals surface area contributed by atoms with Gasteiger partial charge in [0.1, 0.15) is 24.0 Å². The van der Waals surface area contributed by atoms with Gasteiger partial charge in [-0.3, -0.25) is 4.79 Å². The van der Waals surface area contributed by atoms with E-state index in [2.05, 4.69) is 14.9 Å². The molecule has 2 heterocycles. The average molecular weight is 387 g/mol. The Morgan fingerprint density at radius 2 is 2.18 bits per heavy atom. The van der Waals surface area contributed by atoms with Crippen LogP contribution in [0.3, 0.4) is 0 Å². The number of hydrogen-bond acceptors (Lipinski definition) is 6. The normalized spacial score (nSPS) is 16.3. The Bertz CT molecular complexity index is 860. The molecule has 1 aromatic carbocycles. The van der Waals surface area contributed by atoms with E-state index < -0.39 is 0 Å². The highest BCUT2D eigenvalue weighted by molar-refractivity contribution is 5.90. The van der Waals surface area contributed by atoms with Gasteiger partial charge in [-0.2, -0.15) is 0 Å². The molecule has 0 radical (unpaired) electrons. The van der Waals surface area contributed by atoms with Crippen LogP contribution in [0.1, 0.15) is 28.3 Å². The van der Waals surface area contributed by atoms with Gasteiger partial charge in [-0.15, -0.1) is 0 Å². The Hall–Kier alpha value is -2.74. The predicted molar refractivity (Wildman–Crippen MR) is 105 cm³/mol. The molecule has 0 spiro atoms. The molecule has 2 aromatic rings. The first kappa shape index (κ1) is 20.0. The van der Waals surface area contributed by atoms with Gasteiger partial charge in [-0.1, -0.05) is 6.07 Å². The van der Waals surface area contributed by atoms with Crippen LogP contribution < -0.4 is 15.4 Å². The summed E-state index contributed by atoms with van der Waals surface area (Å²) in [5.74, 6) is 0.714. The first-order valence-corrected chi connectivity index (χ1v) is 9.34. The third-order valence-electron chi connectivity index (χ3n) is 4.92. The smallest absolute Gasteiger partial charge is 0.291 e. The number of nitrogens with zero attached hydrogens (tertiary/aromatic N) is 4. The summed E-state index contributed by atoms with van der Waals surface area (Å²) in [6.07, 6.45) is 0.906. The van der Waals surface area contributed by atoms with Crippen molar-refractivity contribution in [2.24, 2.45) is 5.73 Å². The number of carbonyl (C=O) groups is 1. The lowest BCUT2D eigenvalue weighted by Crippen LogP contribution is -2.33. The summed E-state index contributed by atoms with van der Waals surface area (Å²) in [5, 5.41) is 0. The van der Waals surface area contributed by atoms with Crippen LogP contribution in [0.5, 0.6) is 5.75 Å². The second-order valence-corrected chi connectivity index (χ2v) is 7.11. The molecule has 1 fully saturated rings. The maximum atomic E-state index is 13.2. The number of nitrogens with two attached hydrogens (primary N) is 1. The molecule has 2 N–H and O–H groups in total. The molecule has 150 valence electrons. The van der Waals surface area contributed by atoms with Crippen LogP contribution in [0.2, 0.25) is 0 Å². The molecule has 3 rings (SSSR count). The van der Waals surface area contributed by atoms with Gasteiger partial charge in [-0.25, -0.2) is 14.4 Å². The fraction of sp³-hybridized carbons (Fsp3) is 0.450. The number of aromatic nitrogens is 2. The van der Waals surface area contributed by atoms with Gasteiger partial charge in [0.2, 0.25) is 5.82 Å². The van der Waals surface area contributed by atoms with E-state index in [-0.39, 0.29) is 30.2 Å². The number of carbonyl (C=O) groups excluding carboxylic acids is 1. The summed E-state index contributed by atoms with van der Waals surface area (Å²) in [7, 11) is 1.67. The highest BCUT2D eigenvalue weighted by atomic mass is 19.1. The van der Waals surface area contributed by atoms with E-state index in [0.717, 1.165) is 36.6 Å². The average Bonchev–Trinajstić information content (AvgIpc) is 3.09. The number of hydrogen-bond donors (Lipinski definition) is 1. The van der Waals surface area contributed by atoms with Gasteiger partial charge < -0.3 is 20.3 Å². The van der Waals surface area contributed by atoms with Crippen LogP contribution in [0, 0.1) is 19.7 Å². The number of benzene rings is 1. The Morgan fingerprint density at radius 1 is 1.39 bits per heavy atom. The van der Waals surface area contributed by atoms with Crippen molar-refractivity contribution in [3.05, 3.63) is 47.2 Å². The number of anilines is 1. The zero-order valence-corrected chi connectivity index (χ0v) is 16.5. The molecule has 28 heavy (non-hydrogen) atoms. The van der Waals surface area contributed by atoms with Gasteiger partial charge in [0.05, 0.1) is 6.54 Å². The molecule has 7 nitrogen and oxygen atoms in total. The van der Waals surface area contributed by atoms with Gasteiger partial charge in [-0.05, 0) is 32.4 Å². The number of ether oxygens (including phenoxy) is 1. The summed E-state index contributed by atoms with van der Waals surface area (Å²) < 4.78 is 18.7. The van der Waals surface area contributed by atoms with E-state index in [4.69, 9.17) is 10.5 Å². The minimum absolute atomic E-state index is 0.122. The van der Waals surface area contributed by atoms with Crippen LogP contribution in [0.4, 0.5) is 10.2 Å². The van der Waals surface area contributed by atoms with Crippen molar-refractivity contribution in [1.82, 2.24) is 14.9 Å². The molecule has 0 bridgehead atoms. The van der Waals surface area contributed by atoms with E-state index in [1.807, 2.05) is 13.8 Å². The van der Waals surface area contributed by atoms with Crippen LogP contribution in [-0.2, 0) is 0 Å². The van der Waals surface area contributed by atoms with E-state index in [1.165, 1.54) is 17.0 Å². The zero-order chi connectivity index (χ0) is 20.3. The minimum Gasteiger partial charge on any atom is -0.492 e. The number of rotatable bonds is 6. The molecule has 1 amide bonds. The fourth-order valence-electron chi connectivity index (χ4n) is 3.13. The van der Waals surface area contributed by atoms with Crippen LogP contribution in [0.25, 0.3) is 0 Å². The molecule has 1 atom stereocenters. The largest absolute Gasteiger partial charge is 0.492 e. The van der Waals surface area contributed by atoms with Gasteiger partial charge >= 0.3 is 0 Å². The third kappa shape index (κ3) is 4.56. The lowest BCUT2D eigenvalue weighted by atomic mass is 10.2. The number of aryl methyl sites for hydroxylation is 1. The van der Waals surface area contributed by atoms with Crippen molar-refractivity contribution in [3.8, 4) is 5.75 Å². The molecule has 8 heteroatoms. The Kier molecular flexibility index (Phi) is 6.08. The van der Waals surface area contributed by atoms with Gasteiger partial charge in [0.15, 0.2) is 0 Å². The molecule has 1 saturated heterocycles. The first-order valence-electron chi connectivity index (χ1n) is 9.34. The molecular formula is C20H26FN5O2.